The Hall–Kier alpha value is 0.310. The summed E-state index contributed by atoms with van der Waals surface area (Å²) in [5.41, 5.74) is 0.548. The summed E-state index contributed by atoms with van der Waals surface area (Å²) in [5, 5.41) is 0. The van der Waals surface area contributed by atoms with Crippen LogP contribution in [-0.4, -0.2) is 18.5 Å². The SMILES string of the molecule is CCCC(CS)COC1CCC(C)(C)CC1. The first-order valence-electron chi connectivity index (χ1n) is 6.80. The molecule has 1 unspecified atom stereocenters. The van der Waals surface area contributed by atoms with Gasteiger partial charge in [0.05, 0.1) is 12.7 Å². The molecule has 1 aliphatic rings. The van der Waals surface area contributed by atoms with E-state index < -0.39 is 0 Å². The second kappa shape index (κ2) is 6.90. The quantitative estimate of drug-likeness (QED) is 0.685. The van der Waals surface area contributed by atoms with Crippen molar-refractivity contribution in [2.24, 2.45) is 11.3 Å². The molecule has 0 aromatic carbocycles. The van der Waals surface area contributed by atoms with Gasteiger partial charge >= 0.3 is 0 Å². The topological polar surface area (TPSA) is 9.23 Å². The molecule has 0 aromatic rings. The lowest BCUT2D eigenvalue weighted by Crippen LogP contribution is -2.28. The highest BCUT2D eigenvalue weighted by atomic mass is 32.1. The van der Waals surface area contributed by atoms with E-state index in [1.54, 1.807) is 0 Å². The zero-order chi connectivity index (χ0) is 12.0. The number of rotatable bonds is 6. The van der Waals surface area contributed by atoms with Gasteiger partial charge in [-0.25, -0.2) is 0 Å². The van der Waals surface area contributed by atoms with E-state index in [0.29, 0.717) is 17.4 Å². The van der Waals surface area contributed by atoms with Gasteiger partial charge in [0.25, 0.3) is 0 Å². The molecular formula is C14H28OS. The molecule has 0 radical (unpaired) electrons. The molecule has 1 atom stereocenters. The fourth-order valence-electron chi connectivity index (χ4n) is 2.45. The van der Waals surface area contributed by atoms with Crippen molar-refractivity contribution in [3.05, 3.63) is 0 Å². The summed E-state index contributed by atoms with van der Waals surface area (Å²) in [5.74, 6) is 1.62. The first-order valence-corrected chi connectivity index (χ1v) is 7.43. The minimum atomic E-state index is 0.521. The van der Waals surface area contributed by atoms with E-state index in [0.717, 1.165) is 12.4 Å². The van der Waals surface area contributed by atoms with Crippen molar-refractivity contribution in [3.8, 4) is 0 Å². The van der Waals surface area contributed by atoms with Crippen molar-refractivity contribution >= 4 is 12.6 Å². The van der Waals surface area contributed by atoms with Crippen molar-refractivity contribution in [2.75, 3.05) is 12.4 Å². The number of hydrogen-bond donors (Lipinski definition) is 1. The third kappa shape index (κ3) is 5.09. The summed E-state index contributed by atoms with van der Waals surface area (Å²) in [6.45, 7) is 7.90. The lowest BCUT2D eigenvalue weighted by molar-refractivity contribution is -0.0102. The van der Waals surface area contributed by atoms with Crippen LogP contribution in [0, 0.1) is 11.3 Å². The lowest BCUT2D eigenvalue weighted by Gasteiger charge is -2.34. The maximum absolute atomic E-state index is 6.03. The molecule has 0 saturated heterocycles. The average molecular weight is 244 g/mol. The number of thiol groups is 1. The van der Waals surface area contributed by atoms with Gasteiger partial charge in [0.15, 0.2) is 0 Å². The normalized spacial score (nSPS) is 23.2. The Kier molecular flexibility index (Phi) is 6.20. The van der Waals surface area contributed by atoms with Crippen molar-refractivity contribution < 1.29 is 4.74 Å². The number of hydrogen-bond acceptors (Lipinski definition) is 2. The molecule has 0 bridgehead atoms. The van der Waals surface area contributed by atoms with Crippen LogP contribution in [-0.2, 0) is 4.74 Å². The Morgan fingerprint density at radius 3 is 2.44 bits per heavy atom. The molecule has 1 nitrogen and oxygen atoms in total. The Morgan fingerprint density at radius 1 is 1.31 bits per heavy atom. The third-order valence-electron chi connectivity index (χ3n) is 3.81. The molecule has 1 aliphatic carbocycles. The first-order chi connectivity index (χ1) is 7.57. The molecule has 0 amide bonds. The Bertz CT molecular complexity index is 181. The predicted octanol–water partition coefficient (Wildman–Crippen LogP) is 4.32. The standard InChI is InChI=1S/C14H28OS/c1-4-5-12(11-16)10-15-13-6-8-14(2,3)9-7-13/h12-13,16H,4-11H2,1-3H3. The summed E-state index contributed by atoms with van der Waals surface area (Å²) in [6, 6.07) is 0. The van der Waals surface area contributed by atoms with Crippen molar-refractivity contribution in [1.82, 2.24) is 0 Å². The lowest BCUT2D eigenvalue weighted by atomic mass is 9.76. The van der Waals surface area contributed by atoms with Crippen LogP contribution in [0.2, 0.25) is 0 Å². The summed E-state index contributed by atoms with van der Waals surface area (Å²) >= 11 is 4.40. The molecule has 0 spiro atoms. The van der Waals surface area contributed by atoms with E-state index in [4.69, 9.17) is 4.74 Å². The molecular weight excluding hydrogens is 216 g/mol. The summed E-state index contributed by atoms with van der Waals surface area (Å²) in [6.07, 6.45) is 8.14. The second-order valence-corrected chi connectivity index (χ2v) is 6.40. The van der Waals surface area contributed by atoms with Gasteiger partial charge in [-0.3, -0.25) is 0 Å². The van der Waals surface area contributed by atoms with E-state index in [-0.39, 0.29) is 0 Å². The van der Waals surface area contributed by atoms with E-state index >= 15 is 0 Å². The average Bonchev–Trinajstić information content (AvgIpc) is 2.26. The van der Waals surface area contributed by atoms with Crippen molar-refractivity contribution in [2.45, 2.75) is 65.4 Å². The van der Waals surface area contributed by atoms with E-state index in [1.807, 2.05) is 0 Å². The van der Waals surface area contributed by atoms with E-state index in [9.17, 15) is 0 Å². The highest BCUT2D eigenvalue weighted by Gasteiger charge is 2.27. The zero-order valence-electron chi connectivity index (χ0n) is 11.2. The molecule has 1 fully saturated rings. The molecule has 0 heterocycles. The Labute approximate surface area is 107 Å². The van der Waals surface area contributed by atoms with Crippen molar-refractivity contribution in [1.29, 1.82) is 0 Å². The Morgan fingerprint density at radius 2 is 1.94 bits per heavy atom. The van der Waals surface area contributed by atoms with Crippen LogP contribution >= 0.6 is 12.6 Å². The highest BCUT2D eigenvalue weighted by Crippen LogP contribution is 2.36. The second-order valence-electron chi connectivity index (χ2n) is 6.03. The van der Waals surface area contributed by atoms with Gasteiger partial charge in [-0.15, -0.1) is 0 Å². The molecule has 2 heteroatoms. The van der Waals surface area contributed by atoms with Crippen LogP contribution in [0.5, 0.6) is 0 Å². The molecule has 96 valence electrons. The van der Waals surface area contributed by atoms with Crippen molar-refractivity contribution in [3.63, 3.8) is 0 Å². The molecule has 0 aliphatic heterocycles. The minimum absolute atomic E-state index is 0.521. The summed E-state index contributed by atoms with van der Waals surface area (Å²) in [4.78, 5) is 0. The Balaban J connectivity index is 2.18. The fourth-order valence-corrected chi connectivity index (χ4v) is 2.74. The van der Waals surface area contributed by atoms with Crippen LogP contribution in [0.4, 0.5) is 0 Å². The molecule has 0 N–H and O–H groups in total. The maximum Gasteiger partial charge on any atom is 0.0575 e. The molecule has 1 saturated carbocycles. The van der Waals surface area contributed by atoms with E-state index in [1.165, 1.54) is 38.5 Å². The largest absolute Gasteiger partial charge is 0.378 e. The van der Waals surface area contributed by atoms with E-state index in [2.05, 4.69) is 33.4 Å². The fraction of sp³-hybridized carbons (Fsp3) is 1.00. The third-order valence-corrected chi connectivity index (χ3v) is 4.33. The van der Waals surface area contributed by atoms with Gasteiger partial charge in [0.1, 0.15) is 0 Å². The van der Waals surface area contributed by atoms with Crippen LogP contribution in [0.1, 0.15) is 59.3 Å². The minimum Gasteiger partial charge on any atom is -0.378 e. The monoisotopic (exact) mass is 244 g/mol. The predicted molar refractivity (Wildman–Crippen MR) is 74.2 cm³/mol. The molecule has 1 rings (SSSR count). The van der Waals surface area contributed by atoms with Gasteiger partial charge in [-0.05, 0) is 49.2 Å². The van der Waals surface area contributed by atoms with Crippen LogP contribution < -0.4 is 0 Å². The van der Waals surface area contributed by atoms with Gasteiger partial charge in [0, 0.05) is 0 Å². The van der Waals surface area contributed by atoms with Gasteiger partial charge in [-0.1, -0.05) is 27.2 Å². The van der Waals surface area contributed by atoms with Crippen LogP contribution in [0.15, 0.2) is 0 Å². The van der Waals surface area contributed by atoms with Crippen LogP contribution in [0.25, 0.3) is 0 Å². The molecule has 16 heavy (non-hydrogen) atoms. The smallest absolute Gasteiger partial charge is 0.0575 e. The molecule has 0 aromatic heterocycles. The number of ether oxygens (including phenoxy) is 1. The summed E-state index contributed by atoms with van der Waals surface area (Å²) in [7, 11) is 0. The first kappa shape index (κ1) is 14.4. The summed E-state index contributed by atoms with van der Waals surface area (Å²) < 4.78 is 6.03. The van der Waals surface area contributed by atoms with Gasteiger partial charge in [-0.2, -0.15) is 12.6 Å². The van der Waals surface area contributed by atoms with Crippen LogP contribution in [0.3, 0.4) is 0 Å². The maximum atomic E-state index is 6.03. The highest BCUT2D eigenvalue weighted by molar-refractivity contribution is 7.80. The van der Waals surface area contributed by atoms with Gasteiger partial charge < -0.3 is 4.74 Å². The zero-order valence-corrected chi connectivity index (χ0v) is 12.1. The van der Waals surface area contributed by atoms with Gasteiger partial charge in [0.2, 0.25) is 0 Å².